The molecule has 1 heterocycles. The van der Waals surface area contributed by atoms with Gasteiger partial charge in [0, 0.05) is 23.8 Å². The maximum atomic E-state index is 11.7. The molecule has 0 unspecified atom stereocenters. The first kappa shape index (κ1) is 13.2. The highest BCUT2D eigenvalue weighted by atomic mass is 32.1. The van der Waals surface area contributed by atoms with Crippen LogP contribution in [0, 0.1) is 12.8 Å². The summed E-state index contributed by atoms with van der Waals surface area (Å²) < 4.78 is 0. The van der Waals surface area contributed by atoms with Gasteiger partial charge in [-0.3, -0.25) is 4.79 Å². The number of aryl methyl sites for hydroxylation is 1. The summed E-state index contributed by atoms with van der Waals surface area (Å²) in [5.74, 6) is 0.356. The number of amides is 1. The fraction of sp³-hybridized carbons (Fsp3) is 0.667. The van der Waals surface area contributed by atoms with Gasteiger partial charge in [-0.2, -0.15) is 0 Å². The Kier molecular flexibility index (Phi) is 5.46. The Balaban J connectivity index is 2.30. The Morgan fingerprint density at radius 3 is 2.69 bits per heavy atom. The zero-order chi connectivity index (χ0) is 12.0. The summed E-state index contributed by atoms with van der Waals surface area (Å²) in [6.07, 6.45) is 2.73. The van der Waals surface area contributed by atoms with Gasteiger partial charge in [-0.05, 0) is 19.8 Å². The Labute approximate surface area is 101 Å². The summed E-state index contributed by atoms with van der Waals surface area (Å²) in [4.78, 5) is 17.2. The van der Waals surface area contributed by atoms with Crippen LogP contribution in [-0.4, -0.2) is 17.4 Å². The molecule has 3 nitrogen and oxygen atoms in total. The number of carbonyl (C=O) groups excluding carboxylic acids is 1. The molecule has 0 aliphatic rings. The van der Waals surface area contributed by atoms with Crippen LogP contribution in [0.1, 0.15) is 37.3 Å². The SMILES string of the molecule is CCC(CC)C(=O)NCCc1scnc1C. The number of hydrogen-bond donors (Lipinski definition) is 1. The summed E-state index contributed by atoms with van der Waals surface area (Å²) in [7, 11) is 0. The van der Waals surface area contributed by atoms with E-state index in [9.17, 15) is 4.79 Å². The molecule has 0 aliphatic carbocycles. The van der Waals surface area contributed by atoms with Gasteiger partial charge < -0.3 is 5.32 Å². The molecule has 0 spiro atoms. The van der Waals surface area contributed by atoms with E-state index >= 15 is 0 Å². The van der Waals surface area contributed by atoms with E-state index in [1.807, 2.05) is 12.4 Å². The van der Waals surface area contributed by atoms with Crippen molar-refractivity contribution in [3.63, 3.8) is 0 Å². The predicted molar refractivity (Wildman–Crippen MR) is 67.6 cm³/mol. The van der Waals surface area contributed by atoms with E-state index in [4.69, 9.17) is 0 Å². The molecule has 0 aromatic carbocycles. The second kappa shape index (κ2) is 6.63. The molecule has 0 fully saturated rings. The number of aromatic nitrogens is 1. The van der Waals surface area contributed by atoms with Crippen LogP contribution in [-0.2, 0) is 11.2 Å². The highest BCUT2D eigenvalue weighted by Gasteiger charge is 2.13. The fourth-order valence-electron chi connectivity index (χ4n) is 1.67. The van der Waals surface area contributed by atoms with E-state index in [1.165, 1.54) is 4.88 Å². The third kappa shape index (κ3) is 3.59. The molecule has 1 aromatic heterocycles. The highest BCUT2D eigenvalue weighted by Crippen LogP contribution is 2.12. The number of carbonyl (C=O) groups is 1. The van der Waals surface area contributed by atoms with Crippen molar-refractivity contribution in [1.29, 1.82) is 0 Å². The number of nitrogens with one attached hydrogen (secondary N) is 1. The zero-order valence-electron chi connectivity index (χ0n) is 10.2. The molecule has 1 rings (SSSR count). The lowest BCUT2D eigenvalue weighted by Crippen LogP contribution is -2.31. The molecule has 90 valence electrons. The normalized spacial score (nSPS) is 10.8. The van der Waals surface area contributed by atoms with Gasteiger partial charge in [0.2, 0.25) is 5.91 Å². The van der Waals surface area contributed by atoms with Gasteiger partial charge in [0.1, 0.15) is 0 Å². The molecule has 0 bridgehead atoms. The van der Waals surface area contributed by atoms with E-state index < -0.39 is 0 Å². The van der Waals surface area contributed by atoms with Crippen LogP contribution in [0.3, 0.4) is 0 Å². The minimum absolute atomic E-state index is 0.169. The predicted octanol–water partition coefficient (Wildman–Crippen LogP) is 2.55. The summed E-state index contributed by atoms with van der Waals surface area (Å²) >= 11 is 1.66. The molecule has 0 saturated heterocycles. The van der Waals surface area contributed by atoms with E-state index in [1.54, 1.807) is 11.3 Å². The molecule has 4 heteroatoms. The fourth-order valence-corrected chi connectivity index (χ4v) is 2.45. The molecular weight excluding hydrogens is 220 g/mol. The molecule has 1 N–H and O–H groups in total. The van der Waals surface area contributed by atoms with Crippen molar-refractivity contribution in [3.05, 3.63) is 16.1 Å². The average molecular weight is 240 g/mol. The van der Waals surface area contributed by atoms with Gasteiger partial charge in [0.15, 0.2) is 0 Å². The topological polar surface area (TPSA) is 42.0 Å². The number of rotatable bonds is 6. The van der Waals surface area contributed by atoms with Crippen molar-refractivity contribution in [1.82, 2.24) is 10.3 Å². The Morgan fingerprint density at radius 2 is 2.19 bits per heavy atom. The highest BCUT2D eigenvalue weighted by molar-refractivity contribution is 7.09. The molecule has 0 atom stereocenters. The van der Waals surface area contributed by atoms with Crippen molar-refractivity contribution in [3.8, 4) is 0 Å². The molecule has 1 amide bonds. The van der Waals surface area contributed by atoms with E-state index in [2.05, 4.69) is 24.1 Å². The van der Waals surface area contributed by atoms with Gasteiger partial charge >= 0.3 is 0 Å². The second-order valence-corrected chi connectivity index (χ2v) is 4.85. The van der Waals surface area contributed by atoms with Crippen LogP contribution in [0.2, 0.25) is 0 Å². The zero-order valence-corrected chi connectivity index (χ0v) is 11.1. The van der Waals surface area contributed by atoms with Gasteiger partial charge in [-0.25, -0.2) is 4.98 Å². The first-order valence-electron chi connectivity index (χ1n) is 5.85. The molecule has 0 saturated carbocycles. The van der Waals surface area contributed by atoms with Crippen LogP contribution in [0.15, 0.2) is 5.51 Å². The summed E-state index contributed by atoms with van der Waals surface area (Å²) in [5.41, 5.74) is 2.94. The minimum atomic E-state index is 0.169. The first-order chi connectivity index (χ1) is 7.69. The van der Waals surface area contributed by atoms with Crippen molar-refractivity contribution >= 4 is 17.2 Å². The smallest absolute Gasteiger partial charge is 0.223 e. The lowest BCUT2D eigenvalue weighted by atomic mass is 10.0. The van der Waals surface area contributed by atoms with Crippen molar-refractivity contribution in [2.45, 2.75) is 40.0 Å². The van der Waals surface area contributed by atoms with Crippen LogP contribution in [0.5, 0.6) is 0 Å². The third-order valence-corrected chi connectivity index (χ3v) is 3.85. The van der Waals surface area contributed by atoms with Gasteiger partial charge in [0.25, 0.3) is 0 Å². The van der Waals surface area contributed by atoms with Crippen molar-refractivity contribution in [2.75, 3.05) is 6.54 Å². The Morgan fingerprint density at radius 1 is 1.50 bits per heavy atom. The second-order valence-electron chi connectivity index (χ2n) is 3.92. The van der Waals surface area contributed by atoms with Gasteiger partial charge in [0.05, 0.1) is 11.2 Å². The minimum Gasteiger partial charge on any atom is -0.356 e. The number of thiazole rings is 1. The monoisotopic (exact) mass is 240 g/mol. The molecule has 16 heavy (non-hydrogen) atoms. The van der Waals surface area contributed by atoms with Crippen LogP contribution >= 0.6 is 11.3 Å². The standard InChI is InChI=1S/C12H20N2OS/c1-4-10(5-2)12(15)13-7-6-11-9(3)14-8-16-11/h8,10H,4-7H2,1-3H3,(H,13,15). The number of hydrogen-bond acceptors (Lipinski definition) is 3. The lowest BCUT2D eigenvalue weighted by molar-refractivity contribution is -0.125. The average Bonchev–Trinajstić information content (AvgIpc) is 2.66. The summed E-state index contributed by atoms with van der Waals surface area (Å²) in [6, 6.07) is 0. The first-order valence-corrected chi connectivity index (χ1v) is 6.73. The van der Waals surface area contributed by atoms with E-state index in [0.29, 0.717) is 0 Å². The van der Waals surface area contributed by atoms with Crippen LogP contribution in [0.4, 0.5) is 0 Å². The van der Waals surface area contributed by atoms with Crippen LogP contribution in [0.25, 0.3) is 0 Å². The van der Waals surface area contributed by atoms with Crippen molar-refractivity contribution in [2.24, 2.45) is 5.92 Å². The maximum absolute atomic E-state index is 11.7. The third-order valence-electron chi connectivity index (χ3n) is 2.85. The molecule has 1 aromatic rings. The molecule has 0 aliphatic heterocycles. The largest absolute Gasteiger partial charge is 0.356 e. The van der Waals surface area contributed by atoms with Crippen LogP contribution < -0.4 is 5.32 Å². The summed E-state index contributed by atoms with van der Waals surface area (Å²) in [6.45, 7) is 6.84. The molecular formula is C12H20N2OS. The van der Waals surface area contributed by atoms with E-state index in [-0.39, 0.29) is 11.8 Å². The Bertz CT molecular complexity index is 332. The van der Waals surface area contributed by atoms with Gasteiger partial charge in [-0.15, -0.1) is 11.3 Å². The quantitative estimate of drug-likeness (QED) is 0.830. The van der Waals surface area contributed by atoms with E-state index in [0.717, 1.165) is 31.5 Å². The lowest BCUT2D eigenvalue weighted by Gasteiger charge is -2.12. The summed E-state index contributed by atoms with van der Waals surface area (Å²) in [5, 5.41) is 2.99. The van der Waals surface area contributed by atoms with Crippen molar-refractivity contribution < 1.29 is 4.79 Å². The molecule has 0 radical (unpaired) electrons. The van der Waals surface area contributed by atoms with Gasteiger partial charge in [-0.1, -0.05) is 13.8 Å². The Hall–Kier alpha value is -0.900. The maximum Gasteiger partial charge on any atom is 0.223 e. The number of nitrogens with zero attached hydrogens (tertiary/aromatic N) is 1.